The molecule has 1 atom stereocenters. The number of nitrogen functional groups attached to an aromatic ring is 1. The van der Waals surface area contributed by atoms with Crippen LogP contribution in [0, 0.1) is 0 Å². The average molecular weight is 304 g/mol. The summed E-state index contributed by atoms with van der Waals surface area (Å²) >= 11 is 0. The summed E-state index contributed by atoms with van der Waals surface area (Å²) in [6, 6.07) is 6.18. The van der Waals surface area contributed by atoms with Gasteiger partial charge in [-0.1, -0.05) is 0 Å². The average Bonchev–Trinajstić information content (AvgIpc) is 2.56. The van der Waals surface area contributed by atoms with Crippen LogP contribution in [-0.2, 0) is 0 Å². The van der Waals surface area contributed by atoms with Gasteiger partial charge in [0.15, 0.2) is 0 Å². The minimum Gasteiger partial charge on any atom is -0.495 e. The summed E-state index contributed by atoms with van der Waals surface area (Å²) in [7, 11) is 3.89. The molecule has 0 spiro atoms. The van der Waals surface area contributed by atoms with Gasteiger partial charge < -0.3 is 20.3 Å². The summed E-state index contributed by atoms with van der Waals surface area (Å²) in [5.74, 6) is 0.778. The zero-order chi connectivity index (χ0) is 15.5. The van der Waals surface area contributed by atoms with Gasteiger partial charge in [-0.3, -0.25) is 4.90 Å². The van der Waals surface area contributed by atoms with Crippen LogP contribution in [0.2, 0.25) is 0 Å². The third-order valence-corrected chi connectivity index (χ3v) is 4.98. The molecule has 2 N–H and O–H groups in total. The van der Waals surface area contributed by atoms with E-state index in [-0.39, 0.29) is 0 Å². The number of benzene rings is 1. The van der Waals surface area contributed by atoms with Crippen molar-refractivity contribution in [3.8, 4) is 5.75 Å². The zero-order valence-corrected chi connectivity index (χ0v) is 13.8. The molecule has 2 saturated heterocycles. The highest BCUT2D eigenvalue weighted by molar-refractivity contribution is 5.62. The molecule has 0 saturated carbocycles. The molecule has 1 unspecified atom stereocenters. The second-order valence-corrected chi connectivity index (χ2v) is 6.44. The van der Waals surface area contributed by atoms with Gasteiger partial charge in [0, 0.05) is 44.5 Å². The van der Waals surface area contributed by atoms with Crippen molar-refractivity contribution < 1.29 is 4.74 Å². The van der Waals surface area contributed by atoms with Crippen molar-refractivity contribution in [2.75, 3.05) is 57.5 Å². The molecule has 0 radical (unpaired) electrons. The predicted molar refractivity (Wildman–Crippen MR) is 91.5 cm³/mol. The number of piperazine rings is 1. The van der Waals surface area contributed by atoms with Crippen molar-refractivity contribution in [3.63, 3.8) is 0 Å². The number of nitrogens with two attached hydrogens (primary N) is 1. The van der Waals surface area contributed by atoms with Gasteiger partial charge >= 0.3 is 0 Å². The molecule has 122 valence electrons. The largest absolute Gasteiger partial charge is 0.495 e. The highest BCUT2D eigenvalue weighted by Crippen LogP contribution is 2.32. The summed E-state index contributed by atoms with van der Waals surface area (Å²) < 4.78 is 5.40. The van der Waals surface area contributed by atoms with Gasteiger partial charge in [-0.05, 0) is 38.4 Å². The first-order chi connectivity index (χ1) is 10.7. The van der Waals surface area contributed by atoms with Crippen LogP contribution >= 0.6 is 0 Å². The number of likely N-dealkylation sites (N-methyl/N-ethyl adjacent to an activating group) is 1. The maximum absolute atomic E-state index is 5.96. The van der Waals surface area contributed by atoms with Gasteiger partial charge in [0.05, 0.1) is 19.0 Å². The first-order valence-electron chi connectivity index (χ1n) is 8.32. The van der Waals surface area contributed by atoms with Crippen molar-refractivity contribution in [3.05, 3.63) is 18.2 Å². The fraction of sp³-hybridized carbons (Fsp3) is 0.647. The van der Waals surface area contributed by atoms with Crippen molar-refractivity contribution in [2.24, 2.45) is 0 Å². The van der Waals surface area contributed by atoms with E-state index in [9.17, 15) is 0 Å². The Morgan fingerprint density at radius 1 is 1.09 bits per heavy atom. The maximum atomic E-state index is 5.96. The summed E-state index contributed by atoms with van der Waals surface area (Å²) in [4.78, 5) is 7.59. The van der Waals surface area contributed by atoms with Gasteiger partial charge in [0.2, 0.25) is 0 Å². The second kappa shape index (κ2) is 6.75. The first kappa shape index (κ1) is 15.4. The van der Waals surface area contributed by atoms with E-state index < -0.39 is 0 Å². The fourth-order valence-corrected chi connectivity index (χ4v) is 3.59. The van der Waals surface area contributed by atoms with Crippen LogP contribution in [0.3, 0.4) is 0 Å². The lowest BCUT2D eigenvalue weighted by Crippen LogP contribution is -2.56. The molecule has 5 heteroatoms. The molecule has 1 aromatic rings. The second-order valence-electron chi connectivity index (χ2n) is 6.44. The van der Waals surface area contributed by atoms with Gasteiger partial charge in [0.1, 0.15) is 5.75 Å². The number of hydrogen-bond acceptors (Lipinski definition) is 5. The Hall–Kier alpha value is -1.46. The van der Waals surface area contributed by atoms with E-state index in [4.69, 9.17) is 10.5 Å². The number of anilines is 2. The van der Waals surface area contributed by atoms with Crippen LogP contribution in [0.1, 0.15) is 19.3 Å². The minimum absolute atomic E-state index is 0.510. The Labute approximate surface area is 133 Å². The quantitative estimate of drug-likeness (QED) is 0.863. The first-order valence-corrected chi connectivity index (χ1v) is 8.32. The predicted octanol–water partition coefficient (Wildman–Crippen LogP) is 1.84. The fourth-order valence-electron chi connectivity index (χ4n) is 3.59. The molecule has 0 aliphatic carbocycles. The number of methoxy groups -OCH3 is 1. The standard InChI is InChI=1S/C17H28N4O/c1-19-9-11-20(12-10-19)17-5-3-4-8-21(17)14-6-7-15(18)16(13-14)22-2/h6-7,13,17H,3-5,8-12,18H2,1-2H3. The Bertz CT molecular complexity index is 499. The molecule has 2 heterocycles. The van der Waals surface area contributed by atoms with Gasteiger partial charge in [-0.15, -0.1) is 0 Å². The van der Waals surface area contributed by atoms with E-state index in [1.54, 1.807) is 7.11 Å². The lowest BCUT2D eigenvalue weighted by molar-refractivity contribution is 0.0960. The van der Waals surface area contributed by atoms with Crippen LogP contribution in [0.5, 0.6) is 5.75 Å². The highest BCUT2D eigenvalue weighted by Gasteiger charge is 2.30. The molecule has 22 heavy (non-hydrogen) atoms. The van der Waals surface area contributed by atoms with Crippen molar-refractivity contribution in [1.29, 1.82) is 0 Å². The molecule has 0 amide bonds. The number of rotatable bonds is 3. The van der Waals surface area contributed by atoms with E-state index in [0.29, 0.717) is 11.9 Å². The Balaban J connectivity index is 1.80. The lowest BCUT2D eigenvalue weighted by atomic mass is 10.0. The maximum Gasteiger partial charge on any atom is 0.143 e. The van der Waals surface area contributed by atoms with E-state index in [1.807, 2.05) is 6.07 Å². The third kappa shape index (κ3) is 3.15. The number of hydrogen-bond donors (Lipinski definition) is 1. The highest BCUT2D eigenvalue weighted by atomic mass is 16.5. The SMILES string of the molecule is COc1cc(N2CCCCC2N2CCN(C)CC2)ccc1N. The molecule has 0 bridgehead atoms. The van der Waals surface area contributed by atoms with Crippen molar-refractivity contribution in [1.82, 2.24) is 9.80 Å². The van der Waals surface area contributed by atoms with Crippen LogP contribution in [0.4, 0.5) is 11.4 Å². The molecule has 5 nitrogen and oxygen atoms in total. The molecule has 2 fully saturated rings. The summed E-state index contributed by atoms with van der Waals surface area (Å²) in [5, 5.41) is 0. The molecule has 2 aliphatic rings. The smallest absolute Gasteiger partial charge is 0.143 e. The summed E-state index contributed by atoms with van der Waals surface area (Å²) in [6.45, 7) is 5.75. The molecular formula is C17H28N4O. The van der Waals surface area contributed by atoms with Gasteiger partial charge in [-0.2, -0.15) is 0 Å². The number of nitrogens with zero attached hydrogens (tertiary/aromatic N) is 3. The van der Waals surface area contributed by atoms with E-state index >= 15 is 0 Å². The van der Waals surface area contributed by atoms with Crippen LogP contribution in [0.15, 0.2) is 18.2 Å². The van der Waals surface area contributed by atoms with Crippen LogP contribution in [0.25, 0.3) is 0 Å². The summed E-state index contributed by atoms with van der Waals surface area (Å²) in [6.07, 6.45) is 4.34. The topological polar surface area (TPSA) is 45.0 Å². The van der Waals surface area contributed by atoms with Crippen LogP contribution < -0.4 is 15.4 Å². The summed E-state index contributed by atoms with van der Waals surface area (Å²) in [5.41, 5.74) is 7.90. The zero-order valence-electron chi connectivity index (χ0n) is 13.8. The molecular weight excluding hydrogens is 276 g/mol. The molecule has 3 rings (SSSR count). The number of piperidine rings is 1. The van der Waals surface area contributed by atoms with E-state index in [0.717, 1.165) is 38.5 Å². The van der Waals surface area contributed by atoms with Gasteiger partial charge in [0.25, 0.3) is 0 Å². The van der Waals surface area contributed by atoms with Crippen molar-refractivity contribution >= 4 is 11.4 Å². The van der Waals surface area contributed by atoms with E-state index in [1.165, 1.54) is 24.9 Å². The Morgan fingerprint density at radius 2 is 1.86 bits per heavy atom. The molecule has 2 aliphatic heterocycles. The lowest BCUT2D eigenvalue weighted by Gasteiger charge is -2.46. The molecule has 0 aromatic heterocycles. The minimum atomic E-state index is 0.510. The monoisotopic (exact) mass is 304 g/mol. The normalized spacial score (nSPS) is 24.5. The van der Waals surface area contributed by atoms with Gasteiger partial charge in [-0.25, -0.2) is 0 Å². The Kier molecular flexibility index (Phi) is 4.74. The van der Waals surface area contributed by atoms with Crippen LogP contribution in [-0.4, -0.2) is 62.8 Å². The third-order valence-electron chi connectivity index (χ3n) is 4.98. The number of ether oxygens (including phenoxy) is 1. The Morgan fingerprint density at radius 3 is 2.59 bits per heavy atom. The van der Waals surface area contributed by atoms with Crippen molar-refractivity contribution in [2.45, 2.75) is 25.4 Å². The molecule has 1 aromatic carbocycles. The van der Waals surface area contributed by atoms with E-state index in [2.05, 4.69) is 33.9 Å².